The Bertz CT molecular complexity index is 235. The number of hydrogen-bond donors (Lipinski definition) is 0. The van der Waals surface area contributed by atoms with Crippen molar-refractivity contribution in [2.75, 3.05) is 0 Å². The van der Waals surface area contributed by atoms with Crippen LogP contribution in [0.5, 0.6) is 0 Å². The number of hydrogen-bond acceptors (Lipinski definition) is 0. The highest BCUT2D eigenvalue weighted by atomic mass is 79.9. The Morgan fingerprint density at radius 3 is 2.60 bits per heavy atom. The summed E-state index contributed by atoms with van der Waals surface area (Å²) in [5, 5.41) is 0. The Kier molecular flexibility index (Phi) is 2.38. The van der Waals surface area contributed by atoms with Gasteiger partial charge in [-0.25, -0.2) is 8.78 Å². The molecule has 0 amide bonds. The van der Waals surface area contributed by atoms with Gasteiger partial charge in [0.2, 0.25) is 0 Å². The minimum atomic E-state index is -0.621. The fourth-order valence-corrected chi connectivity index (χ4v) is 0.869. The predicted molar refractivity (Wildman–Crippen MR) is 38.9 cm³/mol. The maximum Gasteiger partial charge on any atom is 0.137 e. The minimum absolute atomic E-state index is 0.362. The van der Waals surface area contributed by atoms with Gasteiger partial charge in [-0.2, -0.15) is 0 Å². The highest BCUT2D eigenvalue weighted by Crippen LogP contribution is 2.16. The van der Waals surface area contributed by atoms with E-state index < -0.39 is 12.5 Å². The van der Waals surface area contributed by atoms with Crippen molar-refractivity contribution in [3.8, 4) is 0 Å². The number of rotatable bonds is 1. The molecule has 0 spiro atoms. The second-order valence-corrected chi connectivity index (χ2v) is 2.74. The third-order valence-electron chi connectivity index (χ3n) is 1.14. The van der Waals surface area contributed by atoms with Crippen molar-refractivity contribution in [3.63, 3.8) is 0 Å². The molecule has 0 heterocycles. The normalized spacial score (nSPS) is 9.90. The molecule has 0 nitrogen and oxygen atoms in total. The van der Waals surface area contributed by atoms with Crippen LogP contribution in [0.25, 0.3) is 0 Å². The first-order valence-electron chi connectivity index (χ1n) is 2.74. The number of halogens is 3. The molecular formula is C7H5BrF2. The Balaban J connectivity index is 3.04. The van der Waals surface area contributed by atoms with Crippen molar-refractivity contribution in [1.82, 2.24) is 0 Å². The molecule has 1 aromatic rings. The average molecular weight is 207 g/mol. The zero-order valence-electron chi connectivity index (χ0n) is 5.07. The van der Waals surface area contributed by atoms with Crippen molar-refractivity contribution in [3.05, 3.63) is 34.1 Å². The average Bonchev–Trinajstić information content (AvgIpc) is 1.95. The lowest BCUT2D eigenvalue weighted by Crippen LogP contribution is -1.81. The van der Waals surface area contributed by atoms with E-state index in [1.54, 1.807) is 0 Å². The van der Waals surface area contributed by atoms with Crippen LogP contribution in [-0.2, 0) is 6.67 Å². The van der Waals surface area contributed by atoms with Gasteiger partial charge < -0.3 is 0 Å². The summed E-state index contributed by atoms with van der Waals surface area (Å²) in [6.45, 7) is -0.621. The monoisotopic (exact) mass is 206 g/mol. The first kappa shape index (κ1) is 7.66. The summed E-state index contributed by atoms with van der Waals surface area (Å²) in [6.07, 6.45) is 0. The highest BCUT2D eigenvalue weighted by molar-refractivity contribution is 9.10. The summed E-state index contributed by atoms with van der Waals surface area (Å²) in [5.74, 6) is -0.421. The Morgan fingerprint density at radius 1 is 1.40 bits per heavy atom. The molecule has 3 heteroatoms. The van der Waals surface area contributed by atoms with E-state index in [-0.39, 0.29) is 0 Å². The van der Waals surface area contributed by atoms with E-state index in [0.717, 1.165) is 0 Å². The van der Waals surface area contributed by atoms with Crippen molar-refractivity contribution in [2.45, 2.75) is 6.67 Å². The summed E-state index contributed by atoms with van der Waals surface area (Å²) in [7, 11) is 0. The Hall–Kier alpha value is -0.440. The van der Waals surface area contributed by atoms with Gasteiger partial charge in [0.05, 0.1) is 4.47 Å². The van der Waals surface area contributed by atoms with Crippen LogP contribution >= 0.6 is 15.9 Å². The van der Waals surface area contributed by atoms with Gasteiger partial charge in [0.15, 0.2) is 0 Å². The maximum atomic E-state index is 12.6. The van der Waals surface area contributed by atoms with E-state index in [1.807, 2.05) is 0 Å². The molecule has 0 saturated heterocycles. The van der Waals surface area contributed by atoms with Gasteiger partial charge in [-0.15, -0.1) is 0 Å². The lowest BCUT2D eigenvalue weighted by Gasteiger charge is -1.95. The second-order valence-electron chi connectivity index (χ2n) is 1.88. The molecule has 0 fully saturated rings. The third-order valence-corrected chi connectivity index (χ3v) is 1.78. The van der Waals surface area contributed by atoms with Crippen LogP contribution in [0.15, 0.2) is 22.7 Å². The van der Waals surface area contributed by atoms with Gasteiger partial charge in [-0.05, 0) is 33.6 Å². The quantitative estimate of drug-likeness (QED) is 0.663. The minimum Gasteiger partial charge on any atom is -0.246 e. The first-order chi connectivity index (χ1) is 4.74. The van der Waals surface area contributed by atoms with Crippen LogP contribution in [0.1, 0.15) is 5.56 Å². The predicted octanol–water partition coefficient (Wildman–Crippen LogP) is 3.06. The van der Waals surface area contributed by atoms with E-state index in [9.17, 15) is 8.78 Å². The van der Waals surface area contributed by atoms with Crippen LogP contribution in [0.4, 0.5) is 8.78 Å². The number of benzene rings is 1. The van der Waals surface area contributed by atoms with Crippen LogP contribution in [0.3, 0.4) is 0 Å². The van der Waals surface area contributed by atoms with Gasteiger partial charge in [0, 0.05) is 0 Å². The highest BCUT2D eigenvalue weighted by Gasteiger charge is 1.98. The Labute approximate surface area is 66.0 Å². The molecule has 1 aromatic carbocycles. The van der Waals surface area contributed by atoms with E-state index >= 15 is 0 Å². The summed E-state index contributed by atoms with van der Waals surface area (Å²) in [5.41, 5.74) is 0.362. The zero-order valence-corrected chi connectivity index (χ0v) is 6.66. The topological polar surface area (TPSA) is 0 Å². The lowest BCUT2D eigenvalue weighted by atomic mass is 10.2. The molecule has 0 aliphatic rings. The first-order valence-corrected chi connectivity index (χ1v) is 3.53. The van der Waals surface area contributed by atoms with Crippen LogP contribution < -0.4 is 0 Å². The summed E-state index contributed by atoms with van der Waals surface area (Å²) in [4.78, 5) is 0. The second kappa shape index (κ2) is 3.10. The van der Waals surface area contributed by atoms with Crippen molar-refractivity contribution in [2.24, 2.45) is 0 Å². The van der Waals surface area contributed by atoms with Crippen LogP contribution in [0.2, 0.25) is 0 Å². The molecule has 0 N–H and O–H groups in total. The Morgan fingerprint density at radius 2 is 2.10 bits per heavy atom. The zero-order chi connectivity index (χ0) is 7.56. The van der Waals surface area contributed by atoms with Crippen molar-refractivity contribution < 1.29 is 8.78 Å². The van der Waals surface area contributed by atoms with Gasteiger partial charge in [0.1, 0.15) is 12.5 Å². The molecule has 0 aliphatic carbocycles. The van der Waals surface area contributed by atoms with Crippen molar-refractivity contribution in [1.29, 1.82) is 0 Å². The molecule has 0 atom stereocenters. The van der Waals surface area contributed by atoms with Gasteiger partial charge in [-0.3, -0.25) is 0 Å². The largest absolute Gasteiger partial charge is 0.246 e. The fraction of sp³-hybridized carbons (Fsp3) is 0.143. The van der Waals surface area contributed by atoms with Gasteiger partial charge in [-0.1, -0.05) is 6.07 Å². The molecule has 0 aromatic heterocycles. The standard InChI is InChI=1S/C7H5BrF2/c8-6-2-1-5(4-9)3-7(6)10/h1-3H,4H2. The van der Waals surface area contributed by atoms with Gasteiger partial charge >= 0.3 is 0 Å². The molecular weight excluding hydrogens is 202 g/mol. The molecule has 0 aliphatic heterocycles. The molecule has 0 unspecified atom stereocenters. The van der Waals surface area contributed by atoms with Crippen molar-refractivity contribution >= 4 is 15.9 Å². The molecule has 0 radical (unpaired) electrons. The van der Waals surface area contributed by atoms with E-state index in [1.165, 1.54) is 18.2 Å². The van der Waals surface area contributed by atoms with Crippen LogP contribution in [-0.4, -0.2) is 0 Å². The van der Waals surface area contributed by atoms with Gasteiger partial charge in [0.25, 0.3) is 0 Å². The number of alkyl halides is 1. The summed E-state index contributed by atoms with van der Waals surface area (Å²) < 4.78 is 24.8. The SMILES string of the molecule is FCc1ccc(Br)c(F)c1. The third kappa shape index (κ3) is 1.53. The van der Waals surface area contributed by atoms with E-state index in [0.29, 0.717) is 10.0 Å². The van der Waals surface area contributed by atoms with Crippen LogP contribution in [0, 0.1) is 5.82 Å². The summed E-state index contributed by atoms with van der Waals surface area (Å²) >= 11 is 2.96. The maximum absolute atomic E-state index is 12.6. The molecule has 0 saturated carbocycles. The van der Waals surface area contributed by atoms with E-state index in [2.05, 4.69) is 15.9 Å². The summed E-state index contributed by atoms with van der Waals surface area (Å²) in [6, 6.07) is 4.20. The molecule has 0 bridgehead atoms. The fourth-order valence-electron chi connectivity index (χ4n) is 0.623. The van der Waals surface area contributed by atoms with E-state index in [4.69, 9.17) is 0 Å². The lowest BCUT2D eigenvalue weighted by molar-refractivity contribution is 0.482. The molecule has 1 rings (SSSR count). The molecule has 54 valence electrons. The smallest absolute Gasteiger partial charge is 0.137 e. The molecule has 10 heavy (non-hydrogen) atoms.